The third kappa shape index (κ3) is 3.80. The summed E-state index contributed by atoms with van der Waals surface area (Å²) in [6.45, 7) is 3.36. The van der Waals surface area contributed by atoms with E-state index >= 15 is 0 Å². The minimum atomic E-state index is 0.336. The number of carbonyl (C=O) groups excluding carboxylic acids is 1. The molecule has 1 saturated carbocycles. The molecule has 0 atom stereocenters. The molecule has 1 aromatic heterocycles. The smallest absolute Gasteiger partial charge is 0.222 e. The van der Waals surface area contributed by atoms with Crippen LogP contribution in [0.3, 0.4) is 0 Å². The molecule has 0 N–H and O–H groups in total. The normalized spacial score (nSPS) is 18.7. The molecule has 1 aromatic carbocycles. The van der Waals surface area contributed by atoms with E-state index in [1.165, 1.54) is 31.4 Å². The maximum atomic E-state index is 12.5. The van der Waals surface area contributed by atoms with Crippen LogP contribution in [0.1, 0.15) is 38.5 Å². The van der Waals surface area contributed by atoms with Gasteiger partial charge in [-0.2, -0.15) is 0 Å². The van der Waals surface area contributed by atoms with Gasteiger partial charge in [0.2, 0.25) is 5.91 Å². The zero-order chi connectivity index (χ0) is 17.9. The van der Waals surface area contributed by atoms with Crippen LogP contribution in [0, 0.1) is 5.92 Å². The molecule has 4 rings (SSSR count). The van der Waals surface area contributed by atoms with E-state index < -0.39 is 0 Å². The molecule has 138 valence electrons. The zero-order valence-electron chi connectivity index (χ0n) is 15.2. The maximum absolute atomic E-state index is 12.5. The van der Waals surface area contributed by atoms with Crippen molar-refractivity contribution < 1.29 is 4.79 Å². The Morgan fingerprint density at radius 1 is 1.12 bits per heavy atom. The van der Waals surface area contributed by atoms with E-state index in [0.717, 1.165) is 55.8 Å². The molecule has 2 heterocycles. The monoisotopic (exact) mass is 371 g/mol. The Hall–Kier alpha value is -1.81. The molecule has 1 aliphatic carbocycles. The lowest BCUT2D eigenvalue weighted by atomic mass is 10.0. The first-order chi connectivity index (χ1) is 12.7. The highest BCUT2D eigenvalue weighted by Gasteiger charge is 2.23. The highest BCUT2D eigenvalue weighted by atomic mass is 35.5. The summed E-state index contributed by atoms with van der Waals surface area (Å²) in [4.78, 5) is 21.4. The number of piperazine rings is 1. The number of carbonyl (C=O) groups is 1. The first-order valence-electron chi connectivity index (χ1n) is 9.78. The highest BCUT2D eigenvalue weighted by molar-refractivity contribution is 6.31. The highest BCUT2D eigenvalue weighted by Crippen LogP contribution is 2.30. The SMILES string of the molecule is O=C(CCC1CCCC1)N1CCN(c2ccnc3cc(Cl)ccc23)CC1. The van der Waals surface area contributed by atoms with Crippen LogP contribution in [0.5, 0.6) is 0 Å². The molecule has 0 spiro atoms. The van der Waals surface area contributed by atoms with Crippen LogP contribution in [0.15, 0.2) is 30.5 Å². The lowest BCUT2D eigenvalue weighted by Crippen LogP contribution is -2.48. The van der Waals surface area contributed by atoms with Gasteiger partial charge in [-0.3, -0.25) is 9.78 Å². The molecule has 26 heavy (non-hydrogen) atoms. The standard InChI is InChI=1S/C21H26ClN3O/c22-17-6-7-18-19(15-17)23-10-9-20(18)24-11-13-25(14-12-24)21(26)8-5-16-3-1-2-4-16/h6-7,9-10,15-16H,1-5,8,11-14H2. The molecule has 2 fully saturated rings. The average molecular weight is 372 g/mol. The molecule has 0 bridgehead atoms. The van der Waals surface area contributed by atoms with E-state index in [9.17, 15) is 4.79 Å². The van der Waals surface area contributed by atoms with Crippen LogP contribution in [0.2, 0.25) is 5.02 Å². The van der Waals surface area contributed by atoms with Crippen LogP contribution in [-0.4, -0.2) is 42.0 Å². The first-order valence-corrected chi connectivity index (χ1v) is 10.2. The number of fused-ring (bicyclic) bond motifs is 1. The minimum absolute atomic E-state index is 0.336. The van der Waals surface area contributed by atoms with Crippen LogP contribution in [0.25, 0.3) is 10.9 Å². The van der Waals surface area contributed by atoms with Crippen LogP contribution >= 0.6 is 11.6 Å². The van der Waals surface area contributed by atoms with Gasteiger partial charge in [-0.25, -0.2) is 0 Å². The summed E-state index contributed by atoms with van der Waals surface area (Å²) >= 11 is 6.09. The van der Waals surface area contributed by atoms with Crippen molar-refractivity contribution in [2.24, 2.45) is 5.92 Å². The van der Waals surface area contributed by atoms with E-state index in [0.29, 0.717) is 10.9 Å². The zero-order valence-corrected chi connectivity index (χ0v) is 15.9. The predicted octanol–water partition coefficient (Wildman–Crippen LogP) is 4.51. The summed E-state index contributed by atoms with van der Waals surface area (Å²) < 4.78 is 0. The van der Waals surface area contributed by atoms with Crippen molar-refractivity contribution in [1.29, 1.82) is 0 Å². The Kier molecular flexibility index (Phi) is 5.30. The Labute approximate surface area is 160 Å². The van der Waals surface area contributed by atoms with Gasteiger partial charge in [0.1, 0.15) is 0 Å². The van der Waals surface area contributed by atoms with Crippen molar-refractivity contribution in [3.63, 3.8) is 0 Å². The van der Waals surface area contributed by atoms with Crippen LogP contribution < -0.4 is 4.90 Å². The third-order valence-electron chi connectivity index (χ3n) is 5.90. The van der Waals surface area contributed by atoms with Gasteiger partial charge in [-0.1, -0.05) is 37.3 Å². The number of aromatic nitrogens is 1. The summed E-state index contributed by atoms with van der Waals surface area (Å²) in [6, 6.07) is 7.92. The van der Waals surface area contributed by atoms with Gasteiger partial charge in [0, 0.05) is 54.9 Å². The fourth-order valence-corrected chi connectivity index (χ4v) is 4.53. The minimum Gasteiger partial charge on any atom is -0.367 e. The molecule has 1 amide bonds. The third-order valence-corrected chi connectivity index (χ3v) is 6.13. The lowest BCUT2D eigenvalue weighted by Gasteiger charge is -2.36. The maximum Gasteiger partial charge on any atom is 0.222 e. The molecular weight excluding hydrogens is 346 g/mol. The fourth-order valence-electron chi connectivity index (χ4n) is 4.36. The number of hydrogen-bond acceptors (Lipinski definition) is 3. The van der Waals surface area contributed by atoms with Crippen LogP contribution in [-0.2, 0) is 4.79 Å². The second kappa shape index (κ2) is 7.83. The number of halogens is 1. The summed E-state index contributed by atoms with van der Waals surface area (Å²) in [7, 11) is 0. The van der Waals surface area contributed by atoms with Crippen molar-refractivity contribution in [2.45, 2.75) is 38.5 Å². The fraction of sp³-hybridized carbons (Fsp3) is 0.524. The Morgan fingerprint density at radius 3 is 2.65 bits per heavy atom. The molecule has 0 radical (unpaired) electrons. The summed E-state index contributed by atoms with van der Waals surface area (Å²) in [5.41, 5.74) is 2.11. The van der Waals surface area contributed by atoms with E-state index in [4.69, 9.17) is 11.6 Å². The lowest BCUT2D eigenvalue weighted by molar-refractivity contribution is -0.131. The number of rotatable bonds is 4. The molecule has 4 nitrogen and oxygen atoms in total. The molecule has 5 heteroatoms. The van der Waals surface area contributed by atoms with Gasteiger partial charge < -0.3 is 9.80 Å². The Bertz CT molecular complexity index is 780. The largest absolute Gasteiger partial charge is 0.367 e. The number of anilines is 1. The number of nitrogens with zero attached hydrogens (tertiary/aromatic N) is 3. The second-order valence-corrected chi connectivity index (χ2v) is 7.98. The summed E-state index contributed by atoms with van der Waals surface area (Å²) in [6.07, 6.45) is 8.98. The van der Waals surface area contributed by atoms with Gasteiger partial charge in [0.05, 0.1) is 5.52 Å². The molecule has 1 aliphatic heterocycles. The molecule has 2 aromatic rings. The summed E-state index contributed by atoms with van der Waals surface area (Å²) in [5.74, 6) is 1.12. The second-order valence-electron chi connectivity index (χ2n) is 7.55. The number of amides is 1. The van der Waals surface area contributed by atoms with Gasteiger partial charge in [-0.15, -0.1) is 0 Å². The van der Waals surface area contributed by atoms with Crippen molar-refractivity contribution in [3.8, 4) is 0 Å². The van der Waals surface area contributed by atoms with E-state index in [1.54, 1.807) is 0 Å². The molecule has 1 saturated heterocycles. The molecular formula is C21H26ClN3O. The van der Waals surface area contributed by atoms with E-state index in [1.807, 2.05) is 29.3 Å². The van der Waals surface area contributed by atoms with Crippen molar-refractivity contribution in [1.82, 2.24) is 9.88 Å². The van der Waals surface area contributed by atoms with E-state index in [2.05, 4.69) is 16.0 Å². The average Bonchev–Trinajstić information content (AvgIpc) is 3.19. The van der Waals surface area contributed by atoms with Gasteiger partial charge >= 0.3 is 0 Å². The quantitative estimate of drug-likeness (QED) is 0.793. The van der Waals surface area contributed by atoms with Gasteiger partial charge in [-0.05, 0) is 36.6 Å². The molecule has 2 aliphatic rings. The van der Waals surface area contributed by atoms with Gasteiger partial charge in [0.15, 0.2) is 0 Å². The number of benzene rings is 1. The van der Waals surface area contributed by atoms with Gasteiger partial charge in [0.25, 0.3) is 0 Å². The van der Waals surface area contributed by atoms with Crippen LogP contribution in [0.4, 0.5) is 5.69 Å². The Morgan fingerprint density at radius 2 is 1.88 bits per heavy atom. The van der Waals surface area contributed by atoms with E-state index in [-0.39, 0.29) is 0 Å². The van der Waals surface area contributed by atoms with Crippen molar-refractivity contribution in [2.75, 3.05) is 31.1 Å². The topological polar surface area (TPSA) is 36.4 Å². The van der Waals surface area contributed by atoms with Crippen molar-refractivity contribution in [3.05, 3.63) is 35.5 Å². The first kappa shape index (κ1) is 17.6. The molecule has 0 unspecified atom stereocenters. The van der Waals surface area contributed by atoms with Crippen molar-refractivity contribution >= 4 is 34.1 Å². The number of pyridine rings is 1. The number of hydrogen-bond donors (Lipinski definition) is 0. The predicted molar refractivity (Wildman–Crippen MR) is 107 cm³/mol. The summed E-state index contributed by atoms with van der Waals surface area (Å²) in [5, 5.41) is 1.83. The Balaban J connectivity index is 1.37.